The molecule has 0 aromatic heterocycles. The fraction of sp³-hybridized carbons (Fsp3) is 0.154. The average molecular weight is 466 g/mol. The molecule has 1 aliphatic heterocycles. The normalized spacial score (nSPS) is 17.5. The van der Waals surface area contributed by atoms with Crippen molar-refractivity contribution in [1.29, 1.82) is 0 Å². The smallest absolute Gasteiger partial charge is 0.300 e. The predicted molar refractivity (Wildman–Crippen MR) is 125 cm³/mol. The van der Waals surface area contributed by atoms with Crippen LogP contribution in [-0.4, -0.2) is 23.4 Å². The summed E-state index contributed by atoms with van der Waals surface area (Å²) in [5, 5.41) is 11.4. The zero-order chi connectivity index (χ0) is 23.7. The summed E-state index contributed by atoms with van der Waals surface area (Å²) in [6, 6.07) is 16.3. The number of carbonyl (C=O) groups is 2. The molecular formula is C26H21ClFNO4. The van der Waals surface area contributed by atoms with E-state index in [1.165, 1.54) is 35.2 Å². The average Bonchev–Trinajstić information content (AvgIpc) is 3.05. The molecule has 5 nitrogen and oxygen atoms in total. The van der Waals surface area contributed by atoms with Crippen LogP contribution >= 0.6 is 11.6 Å². The molecule has 33 heavy (non-hydrogen) atoms. The van der Waals surface area contributed by atoms with E-state index in [0.717, 1.165) is 5.56 Å². The van der Waals surface area contributed by atoms with Gasteiger partial charge in [-0.1, -0.05) is 41.9 Å². The van der Waals surface area contributed by atoms with Crippen molar-refractivity contribution in [3.63, 3.8) is 0 Å². The van der Waals surface area contributed by atoms with Crippen molar-refractivity contribution in [2.75, 3.05) is 11.5 Å². The number of aryl methyl sites for hydroxylation is 1. The molecular weight excluding hydrogens is 445 g/mol. The van der Waals surface area contributed by atoms with E-state index in [1.54, 1.807) is 37.3 Å². The van der Waals surface area contributed by atoms with Crippen molar-refractivity contribution in [2.45, 2.75) is 19.9 Å². The standard InChI is InChI=1S/C26H21ClFNO4/c1-3-33-17-11-12-20(27)19(14-17)24(30)22-23(18-9-4-5-10-21(18)28)29(26(32)25(22)31)16-8-6-7-15(2)13-16/h4-14,23,30H,3H2,1-2H3/b24-22+. The maximum Gasteiger partial charge on any atom is 0.300 e. The van der Waals surface area contributed by atoms with Gasteiger partial charge in [0.2, 0.25) is 0 Å². The van der Waals surface area contributed by atoms with E-state index in [2.05, 4.69) is 0 Å². The Morgan fingerprint density at radius 2 is 1.85 bits per heavy atom. The molecule has 1 heterocycles. The third kappa shape index (κ3) is 4.10. The second kappa shape index (κ2) is 9.08. The highest BCUT2D eigenvalue weighted by Gasteiger charge is 2.48. The van der Waals surface area contributed by atoms with E-state index >= 15 is 0 Å². The van der Waals surface area contributed by atoms with Crippen molar-refractivity contribution < 1.29 is 23.8 Å². The second-order valence-electron chi connectivity index (χ2n) is 7.60. The molecule has 0 bridgehead atoms. The highest BCUT2D eigenvalue weighted by atomic mass is 35.5. The van der Waals surface area contributed by atoms with E-state index in [-0.39, 0.29) is 21.7 Å². The van der Waals surface area contributed by atoms with E-state index in [1.807, 2.05) is 13.0 Å². The van der Waals surface area contributed by atoms with Crippen LogP contribution in [0.3, 0.4) is 0 Å². The van der Waals surface area contributed by atoms with Gasteiger partial charge in [0.15, 0.2) is 0 Å². The summed E-state index contributed by atoms with van der Waals surface area (Å²) >= 11 is 6.32. The maximum absolute atomic E-state index is 14.9. The Balaban J connectivity index is 1.98. The first kappa shape index (κ1) is 22.6. The van der Waals surface area contributed by atoms with Crippen molar-refractivity contribution in [3.8, 4) is 5.75 Å². The summed E-state index contributed by atoms with van der Waals surface area (Å²) in [6.45, 7) is 4.03. The van der Waals surface area contributed by atoms with Crippen molar-refractivity contribution >= 4 is 34.7 Å². The van der Waals surface area contributed by atoms with Crippen LogP contribution < -0.4 is 9.64 Å². The SMILES string of the molecule is CCOc1ccc(Cl)c(/C(O)=C2\C(=O)C(=O)N(c3cccc(C)c3)C2c2ccccc2F)c1. The lowest BCUT2D eigenvalue weighted by Gasteiger charge is -2.26. The van der Waals surface area contributed by atoms with Crippen LogP contribution in [0.2, 0.25) is 5.02 Å². The molecule has 1 saturated heterocycles. The molecule has 0 aliphatic carbocycles. The number of carbonyl (C=O) groups excluding carboxylic acids is 2. The van der Waals surface area contributed by atoms with Crippen LogP contribution in [-0.2, 0) is 9.59 Å². The lowest BCUT2D eigenvalue weighted by atomic mass is 9.94. The quantitative estimate of drug-likeness (QED) is 0.293. The van der Waals surface area contributed by atoms with Gasteiger partial charge in [-0.2, -0.15) is 0 Å². The van der Waals surface area contributed by atoms with Crippen LogP contribution in [0.1, 0.15) is 29.7 Å². The topological polar surface area (TPSA) is 66.8 Å². The number of aliphatic hydroxyl groups is 1. The van der Waals surface area contributed by atoms with E-state index in [0.29, 0.717) is 18.0 Å². The first-order chi connectivity index (χ1) is 15.8. The lowest BCUT2D eigenvalue weighted by molar-refractivity contribution is -0.132. The van der Waals surface area contributed by atoms with Gasteiger partial charge in [0.1, 0.15) is 17.3 Å². The largest absolute Gasteiger partial charge is 0.507 e. The summed E-state index contributed by atoms with van der Waals surface area (Å²) in [5.41, 5.74) is 1.22. The molecule has 1 N–H and O–H groups in total. The van der Waals surface area contributed by atoms with Gasteiger partial charge in [0.05, 0.1) is 23.2 Å². The van der Waals surface area contributed by atoms with Crippen LogP contribution in [0, 0.1) is 12.7 Å². The molecule has 1 fully saturated rings. The van der Waals surface area contributed by atoms with Gasteiger partial charge in [-0.05, 0) is 55.8 Å². The first-order valence-corrected chi connectivity index (χ1v) is 10.8. The highest BCUT2D eigenvalue weighted by molar-refractivity contribution is 6.52. The molecule has 0 saturated carbocycles. The molecule has 0 radical (unpaired) electrons. The molecule has 4 rings (SSSR count). The summed E-state index contributed by atoms with van der Waals surface area (Å²) in [6.07, 6.45) is 0. The van der Waals surface area contributed by atoms with Crippen LogP contribution in [0.25, 0.3) is 5.76 Å². The number of ether oxygens (including phenoxy) is 1. The Morgan fingerprint density at radius 3 is 2.55 bits per heavy atom. The number of nitrogens with zero attached hydrogens (tertiary/aromatic N) is 1. The van der Waals surface area contributed by atoms with Gasteiger partial charge in [0.25, 0.3) is 11.7 Å². The van der Waals surface area contributed by atoms with Crippen LogP contribution in [0.4, 0.5) is 10.1 Å². The molecule has 1 atom stereocenters. The fourth-order valence-corrected chi connectivity index (χ4v) is 4.16. The van der Waals surface area contributed by atoms with Gasteiger partial charge in [-0.3, -0.25) is 14.5 Å². The Labute approximate surface area is 195 Å². The van der Waals surface area contributed by atoms with Gasteiger partial charge in [0, 0.05) is 16.8 Å². The number of ketones is 1. The molecule has 7 heteroatoms. The van der Waals surface area contributed by atoms with Crippen molar-refractivity contribution in [1.82, 2.24) is 0 Å². The lowest BCUT2D eigenvalue weighted by Crippen LogP contribution is -2.29. The summed E-state index contributed by atoms with van der Waals surface area (Å²) < 4.78 is 20.4. The number of halogens is 2. The van der Waals surface area contributed by atoms with Crippen molar-refractivity contribution in [2.24, 2.45) is 0 Å². The number of rotatable bonds is 5. The molecule has 3 aromatic rings. The molecule has 1 aliphatic rings. The predicted octanol–water partition coefficient (Wildman–Crippen LogP) is 5.81. The number of hydrogen-bond acceptors (Lipinski definition) is 4. The number of Topliss-reactive ketones (excluding diaryl/α,β-unsaturated/α-hetero) is 1. The minimum atomic E-state index is -1.18. The summed E-state index contributed by atoms with van der Waals surface area (Å²) in [5.74, 6) is -2.48. The zero-order valence-corrected chi connectivity index (χ0v) is 18.8. The molecule has 0 spiro atoms. The summed E-state index contributed by atoms with van der Waals surface area (Å²) in [7, 11) is 0. The van der Waals surface area contributed by atoms with Gasteiger partial charge in [-0.25, -0.2) is 4.39 Å². The Morgan fingerprint density at radius 1 is 1.09 bits per heavy atom. The number of benzene rings is 3. The van der Waals surface area contributed by atoms with Gasteiger partial charge in [-0.15, -0.1) is 0 Å². The molecule has 1 unspecified atom stereocenters. The zero-order valence-electron chi connectivity index (χ0n) is 18.0. The van der Waals surface area contributed by atoms with Crippen LogP contribution in [0.15, 0.2) is 72.3 Å². The van der Waals surface area contributed by atoms with E-state index in [9.17, 15) is 19.1 Å². The first-order valence-electron chi connectivity index (χ1n) is 10.4. The highest BCUT2D eigenvalue weighted by Crippen LogP contribution is 2.44. The monoisotopic (exact) mass is 465 g/mol. The van der Waals surface area contributed by atoms with Gasteiger partial charge >= 0.3 is 0 Å². The number of amides is 1. The minimum absolute atomic E-state index is 0.0804. The Hall–Kier alpha value is -3.64. The van der Waals surface area contributed by atoms with E-state index < -0.39 is 29.3 Å². The van der Waals surface area contributed by atoms with Crippen molar-refractivity contribution in [3.05, 3.63) is 99.8 Å². The Kier molecular flexibility index (Phi) is 6.20. The molecule has 168 valence electrons. The van der Waals surface area contributed by atoms with E-state index in [4.69, 9.17) is 16.3 Å². The third-order valence-corrected chi connectivity index (χ3v) is 5.76. The number of aliphatic hydroxyl groups excluding tert-OH is 1. The fourth-order valence-electron chi connectivity index (χ4n) is 3.96. The Bertz CT molecular complexity index is 1290. The third-order valence-electron chi connectivity index (χ3n) is 5.43. The number of hydrogen-bond donors (Lipinski definition) is 1. The number of anilines is 1. The minimum Gasteiger partial charge on any atom is -0.507 e. The van der Waals surface area contributed by atoms with Gasteiger partial charge < -0.3 is 9.84 Å². The summed E-state index contributed by atoms with van der Waals surface area (Å²) in [4.78, 5) is 27.6. The molecule has 1 amide bonds. The molecule has 3 aromatic carbocycles. The maximum atomic E-state index is 14.9. The van der Waals surface area contributed by atoms with Crippen LogP contribution in [0.5, 0.6) is 5.75 Å². The second-order valence-corrected chi connectivity index (χ2v) is 8.01.